The first kappa shape index (κ1) is 23.4. The van der Waals surface area contributed by atoms with Gasteiger partial charge in [0.15, 0.2) is 5.13 Å². The smallest absolute Gasteiger partial charge is 0.347 e. The number of nitrogens with two attached hydrogens (primary N) is 1. The highest BCUT2D eigenvalue weighted by Gasteiger charge is 2.57. The summed E-state index contributed by atoms with van der Waals surface area (Å²) in [6, 6.07) is -0.0192. The third-order valence-electron chi connectivity index (χ3n) is 6.82. The fourth-order valence-corrected chi connectivity index (χ4v) is 6.23. The number of hydrogen-bond donors (Lipinski definition) is 4. The van der Waals surface area contributed by atoms with E-state index in [0.29, 0.717) is 42.0 Å². The second kappa shape index (κ2) is 8.71. The van der Waals surface area contributed by atoms with E-state index in [-0.39, 0.29) is 63.4 Å². The summed E-state index contributed by atoms with van der Waals surface area (Å²) in [5.74, 6) is -1.06. The van der Waals surface area contributed by atoms with Crippen molar-refractivity contribution in [2.24, 2.45) is 17.6 Å². The molecule has 3 fully saturated rings. The number of fused-ring (bicyclic) bond motifs is 1. The molecule has 0 spiro atoms. The Morgan fingerprint density at radius 3 is 2.50 bits per heavy atom. The van der Waals surface area contributed by atoms with Crippen LogP contribution in [0.2, 0.25) is 10.0 Å². The number of aryl methyl sites for hydroxylation is 1. The Bertz CT molecular complexity index is 1170. The fraction of sp³-hybridized carbons (Fsp3) is 0.524. The zero-order chi connectivity index (χ0) is 24.3. The van der Waals surface area contributed by atoms with Crippen LogP contribution >= 0.6 is 34.5 Å². The van der Waals surface area contributed by atoms with Crippen LogP contribution in [0.25, 0.3) is 0 Å². The van der Waals surface area contributed by atoms with Crippen molar-refractivity contribution in [2.45, 2.75) is 31.8 Å². The first-order chi connectivity index (χ1) is 16.1. The second-order valence-electron chi connectivity index (χ2n) is 9.13. The van der Waals surface area contributed by atoms with Crippen molar-refractivity contribution in [1.29, 1.82) is 0 Å². The number of nitrogens with one attached hydrogen (secondary N) is 2. The Kier molecular flexibility index (Phi) is 5.99. The Labute approximate surface area is 209 Å². The van der Waals surface area contributed by atoms with E-state index < -0.39 is 5.97 Å². The first-order valence-corrected chi connectivity index (χ1v) is 12.6. The molecule has 2 aromatic rings. The number of carboxylic acids is 1. The molecule has 2 saturated heterocycles. The van der Waals surface area contributed by atoms with Gasteiger partial charge >= 0.3 is 5.97 Å². The van der Waals surface area contributed by atoms with Crippen LogP contribution in [0.15, 0.2) is 0 Å². The molecule has 1 saturated carbocycles. The van der Waals surface area contributed by atoms with Crippen molar-refractivity contribution < 1.29 is 19.5 Å². The van der Waals surface area contributed by atoms with E-state index in [1.807, 2.05) is 4.90 Å². The number of aromatic carboxylic acids is 1. The minimum Gasteiger partial charge on any atom is -0.477 e. The molecule has 5 rings (SSSR count). The molecule has 1 aliphatic carbocycles. The largest absolute Gasteiger partial charge is 0.477 e. The number of nitrogens with zero attached hydrogens (tertiary/aromatic N) is 3. The molecule has 4 atom stereocenters. The maximum absolute atomic E-state index is 12.6. The molecule has 10 nitrogen and oxygen atoms in total. The SMILES string of the molecule is Cc1[nH]c(C(=O)NC2[C@H]3CN(c4nc(CC(=O)N5CCC(N)C5)c(C(=O)O)s4)C[C@@H]23)c(Cl)c1Cl. The van der Waals surface area contributed by atoms with Gasteiger partial charge in [-0.3, -0.25) is 9.59 Å². The normalized spacial score (nSPS) is 25.5. The van der Waals surface area contributed by atoms with Gasteiger partial charge in [0.1, 0.15) is 10.6 Å². The molecule has 34 heavy (non-hydrogen) atoms. The minimum atomic E-state index is -1.09. The van der Waals surface area contributed by atoms with Crippen LogP contribution in [-0.2, 0) is 11.2 Å². The van der Waals surface area contributed by atoms with Crippen molar-refractivity contribution in [3.05, 3.63) is 32.0 Å². The van der Waals surface area contributed by atoms with Crippen molar-refractivity contribution in [3.63, 3.8) is 0 Å². The third kappa shape index (κ3) is 4.15. The summed E-state index contributed by atoms with van der Waals surface area (Å²) >= 11 is 13.3. The van der Waals surface area contributed by atoms with Gasteiger partial charge in [0.25, 0.3) is 5.91 Å². The predicted molar refractivity (Wildman–Crippen MR) is 128 cm³/mol. The summed E-state index contributed by atoms with van der Waals surface area (Å²) in [4.78, 5) is 48.2. The number of rotatable bonds is 6. The summed E-state index contributed by atoms with van der Waals surface area (Å²) in [5, 5.41) is 13.8. The average molecular weight is 527 g/mol. The highest BCUT2D eigenvalue weighted by molar-refractivity contribution is 7.17. The van der Waals surface area contributed by atoms with Gasteiger partial charge in [-0.25, -0.2) is 9.78 Å². The van der Waals surface area contributed by atoms with Gasteiger partial charge in [-0.15, -0.1) is 0 Å². The van der Waals surface area contributed by atoms with Gasteiger partial charge in [0.05, 0.1) is 22.2 Å². The minimum absolute atomic E-state index is 0.0153. The summed E-state index contributed by atoms with van der Waals surface area (Å²) in [6.07, 6.45) is 0.694. The van der Waals surface area contributed by atoms with Crippen molar-refractivity contribution in [2.75, 3.05) is 31.1 Å². The number of piperidine rings is 1. The molecule has 182 valence electrons. The summed E-state index contributed by atoms with van der Waals surface area (Å²) in [5.41, 5.74) is 7.06. The number of carbonyl (C=O) groups excluding carboxylic acids is 2. The number of halogens is 2. The van der Waals surface area contributed by atoms with Gasteiger partial charge in [-0.1, -0.05) is 34.5 Å². The molecule has 13 heteroatoms. The maximum Gasteiger partial charge on any atom is 0.347 e. The first-order valence-electron chi connectivity index (χ1n) is 11.0. The summed E-state index contributed by atoms with van der Waals surface area (Å²) in [6.45, 7) is 4.11. The highest BCUT2D eigenvalue weighted by Crippen LogP contribution is 2.48. The number of amides is 2. The lowest BCUT2D eigenvalue weighted by Crippen LogP contribution is -2.35. The molecular formula is C21H24Cl2N6O4S. The molecule has 2 aliphatic heterocycles. The Morgan fingerprint density at radius 1 is 1.24 bits per heavy atom. The van der Waals surface area contributed by atoms with Gasteiger partial charge in [-0.2, -0.15) is 0 Å². The van der Waals surface area contributed by atoms with Crippen molar-refractivity contribution in [1.82, 2.24) is 20.2 Å². The number of H-pyrrole nitrogens is 1. The lowest BCUT2D eigenvalue weighted by Gasteiger charge is -2.19. The van der Waals surface area contributed by atoms with Crippen LogP contribution in [0, 0.1) is 18.8 Å². The molecule has 2 unspecified atom stereocenters. The molecular weight excluding hydrogens is 503 g/mol. The van der Waals surface area contributed by atoms with Gasteiger partial charge in [-0.05, 0) is 13.3 Å². The third-order valence-corrected chi connectivity index (χ3v) is 8.91. The number of anilines is 1. The van der Waals surface area contributed by atoms with Gasteiger partial charge < -0.3 is 30.9 Å². The van der Waals surface area contributed by atoms with E-state index >= 15 is 0 Å². The van der Waals surface area contributed by atoms with Gasteiger partial charge in [0.2, 0.25) is 5.91 Å². The van der Waals surface area contributed by atoms with Crippen LogP contribution < -0.4 is 16.0 Å². The number of carboxylic acid groups (broad SMARTS) is 1. The maximum atomic E-state index is 12.6. The Balaban J connectivity index is 1.22. The standard InChI is InChI=1S/C21H24Cl2N6O4S/c1-8-14(22)15(23)17(25-8)19(31)27-16-10-6-29(7-11(10)16)21-26-12(18(34-21)20(32)33)4-13(30)28-3-2-9(24)5-28/h9-11,16,25H,2-7,24H2,1H3,(H,27,31)(H,32,33)/t9?,10-,11+,16?. The van der Waals surface area contributed by atoms with E-state index in [1.165, 1.54) is 0 Å². The molecule has 4 heterocycles. The van der Waals surface area contributed by atoms with Crippen molar-refractivity contribution >= 4 is 57.5 Å². The van der Waals surface area contributed by atoms with Crippen molar-refractivity contribution in [3.8, 4) is 0 Å². The molecule has 0 radical (unpaired) electrons. The number of hydrogen-bond acceptors (Lipinski definition) is 7. The van der Waals surface area contributed by atoms with Crippen LogP contribution in [0.5, 0.6) is 0 Å². The lowest BCUT2D eigenvalue weighted by atomic mass is 10.2. The topological polar surface area (TPSA) is 145 Å². The van der Waals surface area contributed by atoms with E-state index in [9.17, 15) is 19.5 Å². The molecule has 5 N–H and O–H groups in total. The van der Waals surface area contributed by atoms with Crippen LogP contribution in [0.1, 0.15) is 38.0 Å². The zero-order valence-corrected chi connectivity index (χ0v) is 20.6. The number of thiazole rings is 1. The average Bonchev–Trinajstić information content (AvgIpc) is 3.31. The van der Waals surface area contributed by atoms with E-state index in [0.717, 1.165) is 17.8 Å². The zero-order valence-electron chi connectivity index (χ0n) is 18.3. The number of aromatic amines is 1. The molecule has 2 amide bonds. The monoisotopic (exact) mass is 526 g/mol. The predicted octanol–water partition coefficient (Wildman–Crippen LogP) is 1.75. The molecule has 0 aromatic carbocycles. The van der Waals surface area contributed by atoms with Crippen LogP contribution in [0.3, 0.4) is 0 Å². The summed E-state index contributed by atoms with van der Waals surface area (Å²) < 4.78 is 0. The van der Waals surface area contributed by atoms with Gasteiger partial charge in [0, 0.05) is 55.8 Å². The molecule has 2 aromatic heterocycles. The molecule has 0 bridgehead atoms. The Morgan fingerprint density at radius 2 is 1.94 bits per heavy atom. The number of likely N-dealkylation sites (tertiary alicyclic amines) is 1. The van der Waals surface area contributed by atoms with E-state index in [2.05, 4.69) is 15.3 Å². The second-order valence-corrected chi connectivity index (χ2v) is 10.9. The quantitative estimate of drug-likeness (QED) is 0.448. The fourth-order valence-electron chi connectivity index (χ4n) is 4.88. The van der Waals surface area contributed by atoms with E-state index in [1.54, 1.807) is 11.8 Å². The number of aromatic nitrogens is 2. The van der Waals surface area contributed by atoms with E-state index in [4.69, 9.17) is 28.9 Å². The Hall–Kier alpha value is -2.34. The molecule has 3 aliphatic rings. The summed E-state index contributed by atoms with van der Waals surface area (Å²) in [7, 11) is 0. The lowest BCUT2D eigenvalue weighted by molar-refractivity contribution is -0.129. The highest BCUT2D eigenvalue weighted by atomic mass is 35.5. The van der Waals surface area contributed by atoms with Crippen LogP contribution in [-0.4, -0.2) is 76.0 Å². The number of carbonyl (C=O) groups is 3. The van der Waals surface area contributed by atoms with Crippen LogP contribution in [0.4, 0.5) is 5.13 Å².